The minimum Gasteiger partial charge on any atom is -0.481 e. The molecule has 1 aliphatic rings. The molecular formula is C52H74N8O11S. The number of carbonyl (C=O) groups is 8. The predicted octanol–water partition coefficient (Wildman–Crippen LogP) is 6.60. The van der Waals surface area contributed by atoms with Gasteiger partial charge in [-0.05, 0) is 80.0 Å². The number of ketones is 1. The van der Waals surface area contributed by atoms with E-state index in [0.717, 1.165) is 16.9 Å². The van der Waals surface area contributed by atoms with Gasteiger partial charge in [-0.15, -0.1) is 11.3 Å². The lowest BCUT2D eigenvalue weighted by Gasteiger charge is -2.38. The second-order valence-electron chi connectivity index (χ2n) is 19.1. The number of nitrogens with zero attached hydrogens (tertiary/aromatic N) is 3. The first-order valence-corrected chi connectivity index (χ1v) is 25.7. The SMILES string of the molecule is CC[C@H](C)[C@H](CC(=O)[C@H]1CCCCN1C(=O)OCc1ccc(NC(=O)[C@@H](N)CCCNC(N)=O)cc1)C(=O)N(C)[C@H](C[C@@H](OC(C)=O)c1nc(C(=O)N[C@@H](Cc2ccccc2)C[C@H](C)C(=O)O)cs1)C(C)C. The molecule has 0 radical (unpaired) electrons. The highest BCUT2D eigenvalue weighted by molar-refractivity contribution is 7.09. The molecule has 1 aromatic heterocycles. The fourth-order valence-electron chi connectivity index (χ4n) is 8.81. The number of anilines is 1. The van der Waals surface area contributed by atoms with E-state index in [1.54, 1.807) is 48.5 Å². The van der Waals surface area contributed by atoms with Crippen LogP contribution in [0.3, 0.4) is 0 Å². The average Bonchev–Trinajstić information content (AvgIpc) is 3.85. The Morgan fingerprint density at radius 3 is 2.28 bits per heavy atom. The van der Waals surface area contributed by atoms with E-state index in [4.69, 9.17) is 20.9 Å². The smallest absolute Gasteiger partial charge is 0.410 e. The van der Waals surface area contributed by atoms with E-state index in [1.165, 1.54) is 11.8 Å². The molecule has 19 nitrogen and oxygen atoms in total. The molecule has 0 saturated carbocycles. The number of urea groups is 1. The molecule has 0 bridgehead atoms. The van der Waals surface area contributed by atoms with E-state index >= 15 is 0 Å². The molecule has 2 heterocycles. The number of nitrogens with one attached hydrogen (secondary N) is 3. The lowest BCUT2D eigenvalue weighted by atomic mass is 9.82. The zero-order chi connectivity index (χ0) is 53.1. The second-order valence-corrected chi connectivity index (χ2v) is 20.0. The molecule has 1 saturated heterocycles. The zero-order valence-electron chi connectivity index (χ0n) is 42.6. The normalized spacial score (nSPS) is 16.5. The number of esters is 1. The fraction of sp³-hybridized carbons (Fsp3) is 0.558. The van der Waals surface area contributed by atoms with Crippen molar-refractivity contribution < 1.29 is 52.9 Å². The molecule has 1 aliphatic heterocycles. The van der Waals surface area contributed by atoms with Gasteiger partial charge in [0.2, 0.25) is 11.8 Å². The Bertz CT molecular complexity index is 2290. The number of hydrogen-bond donors (Lipinski definition) is 6. The van der Waals surface area contributed by atoms with Crippen molar-refractivity contribution in [1.82, 2.24) is 25.4 Å². The van der Waals surface area contributed by atoms with E-state index in [2.05, 4.69) is 20.9 Å². The number of primary amides is 1. The predicted molar refractivity (Wildman–Crippen MR) is 272 cm³/mol. The van der Waals surface area contributed by atoms with E-state index in [-0.39, 0.29) is 55.1 Å². The summed E-state index contributed by atoms with van der Waals surface area (Å²) in [5.41, 5.74) is 13.2. The van der Waals surface area contributed by atoms with Crippen molar-refractivity contribution in [2.45, 2.75) is 143 Å². The van der Waals surface area contributed by atoms with Gasteiger partial charge < -0.3 is 46.9 Å². The molecule has 3 aromatic rings. The number of piperidine rings is 1. The summed E-state index contributed by atoms with van der Waals surface area (Å²) >= 11 is 1.14. The van der Waals surface area contributed by atoms with Crippen LogP contribution in [0.25, 0.3) is 0 Å². The van der Waals surface area contributed by atoms with Crippen LogP contribution in [-0.2, 0) is 46.5 Å². The number of aromatic nitrogens is 1. The van der Waals surface area contributed by atoms with E-state index in [9.17, 15) is 43.5 Å². The van der Waals surface area contributed by atoms with E-state index < -0.39 is 78.0 Å². The molecular weight excluding hydrogens is 945 g/mol. The van der Waals surface area contributed by atoms with Gasteiger partial charge >= 0.3 is 24.1 Å². The zero-order valence-corrected chi connectivity index (χ0v) is 43.4. The number of carbonyl (C=O) groups excluding carboxylic acids is 7. The fourth-order valence-corrected chi connectivity index (χ4v) is 9.65. The van der Waals surface area contributed by atoms with Crippen LogP contribution in [0.4, 0.5) is 15.3 Å². The van der Waals surface area contributed by atoms with Crippen LogP contribution >= 0.6 is 11.3 Å². The van der Waals surface area contributed by atoms with Gasteiger partial charge in [0.05, 0.1) is 18.0 Å². The van der Waals surface area contributed by atoms with Crippen LogP contribution in [-0.4, -0.2) is 112 Å². The summed E-state index contributed by atoms with van der Waals surface area (Å²) in [6, 6.07) is 12.9. The number of likely N-dealkylation sites (tertiary alicyclic amines) is 1. The molecule has 8 N–H and O–H groups in total. The molecule has 0 unspecified atom stereocenters. The second kappa shape index (κ2) is 28.6. The molecule has 0 spiro atoms. The number of benzene rings is 2. The van der Waals surface area contributed by atoms with Gasteiger partial charge in [0, 0.05) is 69.0 Å². The largest absolute Gasteiger partial charge is 0.481 e. The van der Waals surface area contributed by atoms with Crippen molar-refractivity contribution in [2.75, 3.05) is 25.5 Å². The molecule has 4 rings (SSSR count). The molecule has 20 heteroatoms. The Labute approximate surface area is 426 Å². The summed E-state index contributed by atoms with van der Waals surface area (Å²) in [4.78, 5) is 112. The van der Waals surface area contributed by atoms with Gasteiger partial charge in [0.1, 0.15) is 17.3 Å². The number of carboxylic acids is 1. The number of nitrogens with two attached hydrogens (primary N) is 2. The van der Waals surface area contributed by atoms with Gasteiger partial charge in [0.25, 0.3) is 5.91 Å². The third-order valence-electron chi connectivity index (χ3n) is 13.2. The van der Waals surface area contributed by atoms with Crippen molar-refractivity contribution in [3.63, 3.8) is 0 Å². The summed E-state index contributed by atoms with van der Waals surface area (Å²) in [6.07, 6.45) is 2.30. The monoisotopic (exact) mass is 1020 g/mol. The Morgan fingerprint density at radius 2 is 1.65 bits per heavy atom. The number of Topliss-reactive ketones (excluding diaryl/α,β-unsaturated/α-hetero) is 1. The summed E-state index contributed by atoms with van der Waals surface area (Å²) in [6.45, 7) is 11.2. The average molecular weight is 1020 g/mol. The topological polar surface area (TPSA) is 283 Å². The number of thiazole rings is 1. The lowest BCUT2D eigenvalue weighted by Crippen LogP contribution is -2.50. The van der Waals surface area contributed by atoms with Gasteiger partial charge in [-0.25, -0.2) is 14.6 Å². The quantitative estimate of drug-likeness (QED) is 0.0347. The number of ether oxygens (including phenoxy) is 2. The van der Waals surface area contributed by atoms with Gasteiger partial charge in [-0.3, -0.25) is 33.7 Å². The maximum atomic E-state index is 14.7. The first-order chi connectivity index (χ1) is 34.2. The molecule has 72 heavy (non-hydrogen) atoms. The highest BCUT2D eigenvalue weighted by Gasteiger charge is 2.39. The Morgan fingerprint density at radius 1 is 0.958 bits per heavy atom. The van der Waals surface area contributed by atoms with Gasteiger partial charge in [-0.2, -0.15) is 0 Å². The highest BCUT2D eigenvalue weighted by atomic mass is 32.1. The van der Waals surface area contributed by atoms with E-state index in [1.807, 2.05) is 58.0 Å². The summed E-state index contributed by atoms with van der Waals surface area (Å²) in [5.74, 6) is -4.74. The highest BCUT2D eigenvalue weighted by Crippen LogP contribution is 2.33. The summed E-state index contributed by atoms with van der Waals surface area (Å²) < 4.78 is 11.5. The van der Waals surface area contributed by atoms with Gasteiger partial charge in [0.15, 0.2) is 11.9 Å². The number of hydrogen-bond acceptors (Lipinski definition) is 13. The Balaban J connectivity index is 1.42. The number of carboxylic acid groups (broad SMARTS) is 1. The lowest BCUT2D eigenvalue weighted by molar-refractivity contribution is -0.149. The maximum absolute atomic E-state index is 14.7. The Kier molecular flexibility index (Phi) is 23.1. The standard InChI is InChI=1S/C52H74N8O11S/c1-8-32(4)39(27-44(62)42-18-12-13-24-60(42)52(69)70-29-36-19-21-37(22-20-36)56-46(63)40(53)17-14-23-55-51(54)68)49(65)59(7)43(31(2)3)28-45(71-34(6)61)48-58-41(30-72-48)47(64)57-38(25-33(5)50(66)67)26-35-15-10-9-11-16-35/h9-11,15-16,19-22,30-33,38-40,42-43,45H,8,12-14,17-18,23-29,53H2,1-7H3,(H,56,63)(H,57,64)(H,66,67)(H3,54,55,68)/t32-,33-,38+,39-,40-,42+,43+,45+/m0/s1. The van der Waals surface area contributed by atoms with Crippen molar-refractivity contribution in [3.05, 3.63) is 81.8 Å². The van der Waals surface area contributed by atoms with Crippen molar-refractivity contribution >= 4 is 64.6 Å². The third-order valence-corrected chi connectivity index (χ3v) is 14.2. The van der Waals surface area contributed by atoms with Crippen LogP contribution < -0.4 is 27.4 Å². The van der Waals surface area contributed by atoms with Crippen molar-refractivity contribution in [3.8, 4) is 0 Å². The van der Waals surface area contributed by atoms with E-state index in [0.29, 0.717) is 74.3 Å². The van der Waals surface area contributed by atoms with Crippen LogP contribution in [0.15, 0.2) is 60.0 Å². The van der Waals surface area contributed by atoms with Crippen LogP contribution in [0.2, 0.25) is 0 Å². The third kappa shape index (κ3) is 18.0. The van der Waals surface area contributed by atoms with Gasteiger partial charge in [-0.1, -0.05) is 83.5 Å². The van der Waals surface area contributed by atoms with Crippen LogP contribution in [0.1, 0.15) is 132 Å². The minimum absolute atomic E-state index is 0.0823. The molecule has 2 aromatic carbocycles. The van der Waals surface area contributed by atoms with Crippen LogP contribution in [0, 0.1) is 23.7 Å². The first kappa shape index (κ1) is 58.2. The summed E-state index contributed by atoms with van der Waals surface area (Å²) in [7, 11) is 1.68. The molecule has 6 amide bonds. The number of rotatable bonds is 27. The molecule has 394 valence electrons. The van der Waals surface area contributed by atoms with Crippen molar-refractivity contribution in [1.29, 1.82) is 0 Å². The molecule has 0 aliphatic carbocycles. The van der Waals surface area contributed by atoms with Crippen LogP contribution in [0.5, 0.6) is 0 Å². The molecule has 1 fully saturated rings. The summed E-state index contributed by atoms with van der Waals surface area (Å²) in [5, 5.41) is 19.7. The molecule has 8 atom stereocenters. The minimum atomic E-state index is -0.974. The Hall–Kier alpha value is -6.41. The van der Waals surface area contributed by atoms with Crippen molar-refractivity contribution in [2.24, 2.45) is 35.1 Å². The number of aliphatic carboxylic acids is 1. The maximum Gasteiger partial charge on any atom is 0.410 e. The number of amides is 6. The first-order valence-electron chi connectivity index (χ1n) is 24.8.